The summed E-state index contributed by atoms with van der Waals surface area (Å²) in [5.41, 5.74) is 3.16. The van der Waals surface area contributed by atoms with Gasteiger partial charge in [-0.05, 0) is 49.4 Å². The van der Waals surface area contributed by atoms with E-state index in [9.17, 15) is 5.11 Å². The number of aryl methyl sites for hydroxylation is 1. The van der Waals surface area contributed by atoms with Gasteiger partial charge < -0.3 is 19.6 Å². The lowest BCUT2D eigenvalue weighted by Gasteiger charge is -2.05. The third-order valence-electron chi connectivity index (χ3n) is 3.71. The summed E-state index contributed by atoms with van der Waals surface area (Å²) in [5.74, 6) is 2.37. The second-order valence-corrected chi connectivity index (χ2v) is 5.17. The van der Waals surface area contributed by atoms with E-state index in [1.165, 1.54) is 0 Å². The van der Waals surface area contributed by atoms with Crippen molar-refractivity contribution in [2.24, 2.45) is 0 Å². The molecule has 0 amide bonds. The average molecular weight is 310 g/mol. The molecule has 23 heavy (non-hydrogen) atoms. The number of hydrogen-bond donors (Lipinski definition) is 2. The molecule has 0 aliphatic rings. The summed E-state index contributed by atoms with van der Waals surface area (Å²) in [7, 11) is 3.23. The summed E-state index contributed by atoms with van der Waals surface area (Å²) in [4.78, 5) is 7.89. The molecule has 0 unspecified atom stereocenters. The molecule has 3 aromatic rings. The second-order valence-electron chi connectivity index (χ2n) is 5.17. The molecule has 2 N–H and O–H groups in total. The molecule has 2 aromatic carbocycles. The molecule has 1 aromatic heterocycles. The van der Waals surface area contributed by atoms with Crippen LogP contribution in [0.5, 0.6) is 17.2 Å². The quantitative estimate of drug-likeness (QED) is 0.769. The van der Waals surface area contributed by atoms with E-state index in [0.29, 0.717) is 17.0 Å². The molecule has 0 aliphatic carbocycles. The van der Waals surface area contributed by atoms with Crippen LogP contribution >= 0.6 is 0 Å². The minimum absolute atomic E-state index is 0.168. The summed E-state index contributed by atoms with van der Waals surface area (Å²) in [6, 6.07) is 12.7. The van der Waals surface area contributed by atoms with Crippen LogP contribution in [0.3, 0.4) is 0 Å². The minimum Gasteiger partial charge on any atom is -0.507 e. The fraction of sp³-hybridized carbons (Fsp3) is 0.167. The number of methoxy groups -OCH3 is 2. The third-order valence-corrected chi connectivity index (χ3v) is 3.71. The van der Waals surface area contributed by atoms with Gasteiger partial charge in [0.05, 0.1) is 19.9 Å². The number of hydrogen-bond acceptors (Lipinski definition) is 4. The Kier molecular flexibility index (Phi) is 3.93. The van der Waals surface area contributed by atoms with Crippen LogP contribution in [0.25, 0.3) is 22.6 Å². The number of H-pyrrole nitrogens is 1. The van der Waals surface area contributed by atoms with E-state index in [0.717, 1.165) is 22.8 Å². The molecule has 0 atom stereocenters. The number of ether oxygens (including phenoxy) is 2. The van der Waals surface area contributed by atoms with Crippen LogP contribution in [0.15, 0.2) is 42.5 Å². The Morgan fingerprint density at radius 2 is 1.61 bits per heavy atom. The first-order valence-electron chi connectivity index (χ1n) is 7.20. The van der Waals surface area contributed by atoms with Crippen molar-refractivity contribution in [2.75, 3.05) is 14.2 Å². The Morgan fingerprint density at radius 1 is 0.957 bits per heavy atom. The van der Waals surface area contributed by atoms with Crippen LogP contribution in [0.2, 0.25) is 0 Å². The van der Waals surface area contributed by atoms with Crippen molar-refractivity contribution in [3.05, 3.63) is 48.2 Å². The molecular weight excluding hydrogens is 292 g/mol. The van der Waals surface area contributed by atoms with Crippen molar-refractivity contribution in [3.8, 4) is 39.9 Å². The van der Waals surface area contributed by atoms with E-state index in [4.69, 9.17) is 9.47 Å². The van der Waals surface area contributed by atoms with Crippen molar-refractivity contribution < 1.29 is 14.6 Å². The van der Waals surface area contributed by atoms with E-state index in [1.54, 1.807) is 32.4 Å². The zero-order valence-electron chi connectivity index (χ0n) is 13.3. The second kappa shape index (κ2) is 6.04. The highest BCUT2D eigenvalue weighted by Crippen LogP contribution is 2.34. The first-order valence-corrected chi connectivity index (χ1v) is 7.20. The lowest BCUT2D eigenvalue weighted by Crippen LogP contribution is -1.87. The van der Waals surface area contributed by atoms with Gasteiger partial charge in [0.25, 0.3) is 0 Å². The highest BCUT2D eigenvalue weighted by molar-refractivity contribution is 5.73. The molecule has 0 fully saturated rings. The number of aromatic nitrogens is 2. The number of rotatable bonds is 4. The van der Waals surface area contributed by atoms with Crippen molar-refractivity contribution >= 4 is 0 Å². The van der Waals surface area contributed by atoms with Crippen LogP contribution < -0.4 is 9.47 Å². The summed E-state index contributed by atoms with van der Waals surface area (Å²) in [5, 5.41) is 10.1. The van der Waals surface area contributed by atoms with E-state index >= 15 is 0 Å². The van der Waals surface area contributed by atoms with E-state index in [-0.39, 0.29) is 5.75 Å². The van der Waals surface area contributed by atoms with Gasteiger partial charge in [-0.1, -0.05) is 0 Å². The van der Waals surface area contributed by atoms with Crippen LogP contribution in [-0.4, -0.2) is 29.3 Å². The number of aromatic hydroxyl groups is 1. The predicted molar refractivity (Wildman–Crippen MR) is 89.0 cm³/mol. The topological polar surface area (TPSA) is 67.4 Å². The Labute approximate surface area is 134 Å². The molecule has 5 nitrogen and oxygen atoms in total. The standard InChI is InChI=1S/C18H18N2O3/c1-11-17(15-10-14(23-3)8-9-16(15)21)20-18(19-11)12-4-6-13(22-2)7-5-12/h4-10,21H,1-3H3,(H,19,20). The fourth-order valence-electron chi connectivity index (χ4n) is 2.44. The van der Waals surface area contributed by atoms with E-state index in [1.807, 2.05) is 31.2 Å². The molecule has 0 saturated heterocycles. The van der Waals surface area contributed by atoms with Gasteiger partial charge in [0.2, 0.25) is 0 Å². The normalized spacial score (nSPS) is 10.6. The predicted octanol–water partition coefficient (Wildman–Crippen LogP) is 3.77. The molecule has 0 bridgehead atoms. The van der Waals surface area contributed by atoms with E-state index in [2.05, 4.69) is 9.97 Å². The smallest absolute Gasteiger partial charge is 0.138 e. The van der Waals surface area contributed by atoms with Crippen LogP contribution in [0, 0.1) is 6.92 Å². The number of nitrogens with one attached hydrogen (secondary N) is 1. The molecule has 0 radical (unpaired) electrons. The Bertz CT molecular complexity index is 823. The third kappa shape index (κ3) is 2.85. The monoisotopic (exact) mass is 310 g/mol. The number of phenolic OH excluding ortho intramolecular Hbond substituents is 1. The maximum Gasteiger partial charge on any atom is 0.138 e. The van der Waals surface area contributed by atoms with Gasteiger partial charge in [0.1, 0.15) is 23.1 Å². The van der Waals surface area contributed by atoms with Crippen molar-refractivity contribution in [2.45, 2.75) is 6.92 Å². The summed E-state index contributed by atoms with van der Waals surface area (Å²) in [6.07, 6.45) is 0. The molecule has 118 valence electrons. The number of benzene rings is 2. The highest BCUT2D eigenvalue weighted by Gasteiger charge is 2.14. The molecule has 0 saturated carbocycles. The van der Waals surface area contributed by atoms with Crippen LogP contribution in [0.4, 0.5) is 0 Å². The largest absolute Gasteiger partial charge is 0.507 e. The summed E-state index contributed by atoms with van der Waals surface area (Å²) in [6.45, 7) is 1.92. The van der Waals surface area contributed by atoms with Gasteiger partial charge in [-0.3, -0.25) is 0 Å². The highest BCUT2D eigenvalue weighted by atomic mass is 16.5. The van der Waals surface area contributed by atoms with Gasteiger partial charge in [-0.25, -0.2) is 4.98 Å². The zero-order valence-corrected chi connectivity index (χ0v) is 13.3. The maximum absolute atomic E-state index is 10.1. The maximum atomic E-state index is 10.1. The van der Waals surface area contributed by atoms with Gasteiger partial charge >= 0.3 is 0 Å². The SMILES string of the molecule is COc1ccc(-c2nc(-c3cc(OC)ccc3O)c(C)[nH]2)cc1. The number of phenols is 1. The van der Waals surface area contributed by atoms with Crippen molar-refractivity contribution in [3.63, 3.8) is 0 Å². The molecule has 3 rings (SSSR count). The molecule has 0 spiro atoms. The first-order chi connectivity index (χ1) is 11.1. The molecule has 5 heteroatoms. The Balaban J connectivity index is 2.04. The van der Waals surface area contributed by atoms with Crippen LogP contribution in [-0.2, 0) is 0 Å². The summed E-state index contributed by atoms with van der Waals surface area (Å²) < 4.78 is 10.4. The lowest BCUT2D eigenvalue weighted by molar-refractivity contribution is 0.412. The number of nitrogens with zero attached hydrogens (tertiary/aromatic N) is 1. The number of aromatic amines is 1. The van der Waals surface area contributed by atoms with Gasteiger partial charge in [0.15, 0.2) is 0 Å². The lowest BCUT2D eigenvalue weighted by atomic mass is 10.1. The first kappa shape index (κ1) is 15.0. The zero-order chi connectivity index (χ0) is 16.4. The van der Waals surface area contributed by atoms with Crippen molar-refractivity contribution in [1.29, 1.82) is 0 Å². The fourth-order valence-corrected chi connectivity index (χ4v) is 2.44. The summed E-state index contributed by atoms with van der Waals surface area (Å²) >= 11 is 0. The van der Waals surface area contributed by atoms with Crippen molar-refractivity contribution in [1.82, 2.24) is 9.97 Å². The Morgan fingerprint density at radius 3 is 2.26 bits per heavy atom. The van der Waals surface area contributed by atoms with E-state index < -0.39 is 0 Å². The van der Waals surface area contributed by atoms with Crippen LogP contribution in [0.1, 0.15) is 5.69 Å². The molecular formula is C18H18N2O3. The minimum atomic E-state index is 0.168. The van der Waals surface area contributed by atoms with Gasteiger partial charge in [0, 0.05) is 16.8 Å². The van der Waals surface area contributed by atoms with Gasteiger partial charge in [-0.2, -0.15) is 0 Å². The van der Waals surface area contributed by atoms with Gasteiger partial charge in [-0.15, -0.1) is 0 Å². The Hall–Kier alpha value is -2.95. The average Bonchev–Trinajstić information content (AvgIpc) is 2.97. The molecule has 1 heterocycles. The number of imidazole rings is 1. The molecule has 0 aliphatic heterocycles.